The Balaban J connectivity index is 0.00000120. The number of fused-ring (bicyclic) bond motifs is 3. The first-order chi connectivity index (χ1) is 8.31. The van der Waals surface area contributed by atoms with Gasteiger partial charge in [-0.15, -0.1) is 12.4 Å². The fraction of sp³-hybridized carbons (Fsp3) is 0.571. The molecule has 0 N–H and O–H groups in total. The molecule has 0 saturated carbocycles. The van der Waals surface area contributed by atoms with Gasteiger partial charge in [-0.05, 0) is 38.6 Å². The van der Waals surface area contributed by atoms with Gasteiger partial charge in [-0.3, -0.25) is 4.90 Å². The van der Waals surface area contributed by atoms with Crippen LogP contribution in [0.3, 0.4) is 0 Å². The first-order valence-corrected chi connectivity index (χ1v) is 6.31. The molecular weight excluding hydrogens is 250 g/mol. The highest BCUT2D eigenvalue weighted by Gasteiger charge is 2.37. The largest absolute Gasteiger partial charge is 0.496 e. The molecule has 2 atom stereocenters. The molecule has 3 rings (SSSR count). The molecule has 1 aromatic rings. The summed E-state index contributed by atoms with van der Waals surface area (Å²) in [7, 11) is 3.94. The molecule has 1 saturated heterocycles. The summed E-state index contributed by atoms with van der Waals surface area (Å²) in [5.74, 6) is 2.56. The molecule has 0 aliphatic carbocycles. The van der Waals surface area contributed by atoms with Crippen molar-refractivity contribution >= 4 is 12.4 Å². The van der Waals surface area contributed by atoms with Crippen LogP contribution >= 0.6 is 12.4 Å². The van der Waals surface area contributed by atoms with Crippen LogP contribution in [0.1, 0.15) is 24.3 Å². The Kier molecular flexibility index (Phi) is 4.03. The van der Waals surface area contributed by atoms with Crippen molar-refractivity contribution in [1.82, 2.24) is 4.90 Å². The summed E-state index contributed by atoms with van der Waals surface area (Å²) in [4.78, 5) is 2.42. The van der Waals surface area contributed by atoms with Crippen molar-refractivity contribution in [3.8, 4) is 11.5 Å². The van der Waals surface area contributed by atoms with E-state index in [0.717, 1.165) is 18.1 Å². The lowest BCUT2D eigenvalue weighted by atomic mass is 9.81. The number of piperidine rings is 1. The minimum Gasteiger partial charge on any atom is -0.496 e. The lowest BCUT2D eigenvalue weighted by molar-refractivity contribution is 0.0853. The molecule has 1 aromatic carbocycles. The highest BCUT2D eigenvalue weighted by atomic mass is 35.5. The Morgan fingerprint density at radius 2 is 2.22 bits per heavy atom. The number of likely N-dealkylation sites (N-methyl/N-ethyl adjacent to an activating group) is 1. The maximum absolute atomic E-state index is 5.88. The third-order valence-corrected chi connectivity index (χ3v) is 4.08. The summed E-state index contributed by atoms with van der Waals surface area (Å²) in [6.45, 7) is 1.98. The second-order valence-corrected chi connectivity index (χ2v) is 4.98. The van der Waals surface area contributed by atoms with Gasteiger partial charge in [0.05, 0.1) is 13.2 Å². The standard InChI is InChI=1S/C14H19NO2.ClH/c1-15-8-4-5-10-11(15)9-17-13-7-3-6-12(16-2)14(10)13;/h3,6-7,10-11H,4-5,8-9H2,1-2H3;1H. The number of ether oxygens (including phenoxy) is 2. The van der Waals surface area contributed by atoms with E-state index in [0.29, 0.717) is 12.0 Å². The lowest BCUT2D eigenvalue weighted by Gasteiger charge is -2.43. The first kappa shape index (κ1) is 13.5. The lowest BCUT2D eigenvalue weighted by Crippen LogP contribution is -2.47. The SMILES string of the molecule is COc1cccc2c1C1CCCN(C)C1CO2.Cl. The van der Waals surface area contributed by atoms with Crippen molar-refractivity contribution in [2.45, 2.75) is 24.8 Å². The van der Waals surface area contributed by atoms with Crippen molar-refractivity contribution in [1.29, 1.82) is 0 Å². The zero-order valence-electron chi connectivity index (χ0n) is 10.9. The normalized spacial score (nSPS) is 26.3. The second-order valence-electron chi connectivity index (χ2n) is 4.98. The van der Waals surface area contributed by atoms with Gasteiger partial charge in [0, 0.05) is 11.5 Å². The Bertz CT molecular complexity index is 410. The van der Waals surface area contributed by atoms with Gasteiger partial charge in [0.25, 0.3) is 0 Å². The average molecular weight is 270 g/mol. The number of methoxy groups -OCH3 is 1. The molecule has 4 heteroatoms. The fourth-order valence-corrected chi connectivity index (χ4v) is 3.17. The zero-order valence-corrected chi connectivity index (χ0v) is 11.7. The van der Waals surface area contributed by atoms with Gasteiger partial charge in [0.15, 0.2) is 0 Å². The molecule has 0 amide bonds. The van der Waals surface area contributed by atoms with Gasteiger partial charge in [-0.25, -0.2) is 0 Å². The van der Waals surface area contributed by atoms with E-state index in [2.05, 4.69) is 18.0 Å². The summed E-state index contributed by atoms with van der Waals surface area (Å²) in [6.07, 6.45) is 2.50. The summed E-state index contributed by atoms with van der Waals surface area (Å²) < 4.78 is 11.4. The summed E-state index contributed by atoms with van der Waals surface area (Å²) >= 11 is 0. The average Bonchev–Trinajstić information content (AvgIpc) is 2.38. The molecule has 0 bridgehead atoms. The van der Waals surface area contributed by atoms with Gasteiger partial charge in [-0.2, -0.15) is 0 Å². The predicted octanol–water partition coefficient (Wildman–Crippen LogP) is 2.69. The number of hydrogen-bond donors (Lipinski definition) is 0. The number of nitrogens with zero attached hydrogens (tertiary/aromatic N) is 1. The van der Waals surface area contributed by atoms with Gasteiger partial charge in [0.1, 0.15) is 18.1 Å². The quantitative estimate of drug-likeness (QED) is 0.782. The van der Waals surface area contributed by atoms with E-state index >= 15 is 0 Å². The summed E-state index contributed by atoms with van der Waals surface area (Å²) in [5, 5.41) is 0. The van der Waals surface area contributed by atoms with Gasteiger partial charge < -0.3 is 9.47 Å². The molecule has 18 heavy (non-hydrogen) atoms. The topological polar surface area (TPSA) is 21.7 Å². The molecular formula is C14H20ClNO2. The van der Waals surface area contributed by atoms with Gasteiger partial charge in [0.2, 0.25) is 0 Å². The number of halogens is 1. The smallest absolute Gasteiger partial charge is 0.126 e. The monoisotopic (exact) mass is 269 g/mol. The maximum atomic E-state index is 5.88. The molecule has 0 aromatic heterocycles. The molecule has 2 aliphatic rings. The fourth-order valence-electron chi connectivity index (χ4n) is 3.17. The van der Waals surface area contributed by atoms with Crippen LogP contribution in [0.25, 0.3) is 0 Å². The van der Waals surface area contributed by atoms with Crippen LogP contribution in [0.15, 0.2) is 18.2 Å². The number of benzene rings is 1. The van der Waals surface area contributed by atoms with Gasteiger partial charge >= 0.3 is 0 Å². The Labute approximate surface area is 114 Å². The highest BCUT2D eigenvalue weighted by Crippen LogP contribution is 2.45. The zero-order chi connectivity index (χ0) is 11.8. The van der Waals surface area contributed by atoms with Crippen molar-refractivity contribution < 1.29 is 9.47 Å². The van der Waals surface area contributed by atoms with E-state index in [9.17, 15) is 0 Å². The Hall–Kier alpha value is -0.930. The van der Waals surface area contributed by atoms with E-state index in [4.69, 9.17) is 9.47 Å². The minimum absolute atomic E-state index is 0. The van der Waals surface area contributed by atoms with E-state index < -0.39 is 0 Å². The maximum Gasteiger partial charge on any atom is 0.126 e. The van der Waals surface area contributed by atoms with Gasteiger partial charge in [-0.1, -0.05) is 6.07 Å². The molecule has 0 spiro atoms. The van der Waals surface area contributed by atoms with E-state index in [1.54, 1.807) is 7.11 Å². The Morgan fingerprint density at radius 3 is 3.00 bits per heavy atom. The number of likely N-dealkylation sites (tertiary alicyclic amines) is 1. The van der Waals surface area contributed by atoms with Crippen molar-refractivity contribution in [2.24, 2.45) is 0 Å². The van der Waals surface area contributed by atoms with Crippen LogP contribution in [0.4, 0.5) is 0 Å². The van der Waals surface area contributed by atoms with Crippen molar-refractivity contribution in [3.05, 3.63) is 23.8 Å². The third kappa shape index (κ3) is 2.06. The second kappa shape index (κ2) is 5.37. The third-order valence-electron chi connectivity index (χ3n) is 4.08. The summed E-state index contributed by atoms with van der Waals surface area (Å²) in [5.41, 5.74) is 1.28. The van der Waals surface area contributed by atoms with Crippen LogP contribution < -0.4 is 9.47 Å². The first-order valence-electron chi connectivity index (χ1n) is 6.31. The molecule has 100 valence electrons. The van der Waals surface area contributed by atoms with Crippen LogP contribution in [0.2, 0.25) is 0 Å². The number of hydrogen-bond acceptors (Lipinski definition) is 3. The molecule has 2 unspecified atom stereocenters. The molecule has 0 radical (unpaired) electrons. The molecule has 3 nitrogen and oxygen atoms in total. The predicted molar refractivity (Wildman–Crippen MR) is 74.1 cm³/mol. The van der Waals surface area contributed by atoms with E-state index in [1.807, 2.05) is 12.1 Å². The number of rotatable bonds is 1. The highest BCUT2D eigenvalue weighted by molar-refractivity contribution is 5.85. The van der Waals surface area contributed by atoms with Crippen LogP contribution in [-0.2, 0) is 0 Å². The van der Waals surface area contributed by atoms with E-state index in [1.165, 1.54) is 24.9 Å². The minimum atomic E-state index is 0. The molecule has 2 heterocycles. The van der Waals surface area contributed by atoms with E-state index in [-0.39, 0.29) is 12.4 Å². The van der Waals surface area contributed by atoms with Crippen LogP contribution in [0.5, 0.6) is 11.5 Å². The summed E-state index contributed by atoms with van der Waals surface area (Å²) in [6, 6.07) is 6.61. The molecule has 2 aliphatic heterocycles. The Morgan fingerprint density at radius 1 is 1.39 bits per heavy atom. The molecule has 1 fully saturated rings. The van der Waals surface area contributed by atoms with Crippen LogP contribution in [-0.4, -0.2) is 38.3 Å². The van der Waals surface area contributed by atoms with Crippen LogP contribution in [0, 0.1) is 0 Å². The van der Waals surface area contributed by atoms with Crippen molar-refractivity contribution in [2.75, 3.05) is 27.3 Å². The van der Waals surface area contributed by atoms with Crippen molar-refractivity contribution in [3.63, 3.8) is 0 Å².